The number of para-hydroxylation sites is 1. The van der Waals surface area contributed by atoms with Crippen LogP contribution in [0.4, 0.5) is 0 Å². The Balaban J connectivity index is 2.09. The summed E-state index contributed by atoms with van der Waals surface area (Å²) in [5, 5.41) is 1.20. The number of hydrogen-bond donors (Lipinski definition) is 0. The Kier molecular flexibility index (Phi) is 7.62. The Labute approximate surface area is 180 Å². The summed E-state index contributed by atoms with van der Waals surface area (Å²) >= 11 is 0. The molecule has 0 N–H and O–H groups in total. The number of fused-ring (bicyclic) bond motifs is 1. The lowest BCUT2D eigenvalue weighted by Crippen LogP contribution is -2.16. The largest absolute Gasteiger partial charge is 0.295 e. The van der Waals surface area contributed by atoms with Crippen LogP contribution >= 0.6 is 0 Å². The number of hydrogen-bond acceptors (Lipinski definition) is 2. The highest BCUT2D eigenvalue weighted by atomic mass is 16.2. The summed E-state index contributed by atoms with van der Waals surface area (Å²) < 4.78 is 1.94. The van der Waals surface area contributed by atoms with E-state index in [1.54, 1.807) is 31.2 Å². The minimum Gasteiger partial charge on any atom is -0.295 e. The van der Waals surface area contributed by atoms with E-state index in [4.69, 9.17) is 0 Å². The lowest BCUT2D eigenvalue weighted by atomic mass is 10.0. The third-order valence-electron chi connectivity index (χ3n) is 5.88. The molecule has 0 fully saturated rings. The van der Waals surface area contributed by atoms with Gasteiger partial charge in [-0.1, -0.05) is 69.9 Å². The monoisotopic (exact) mass is 403 g/mol. The van der Waals surface area contributed by atoms with Crippen LogP contribution in [0.15, 0.2) is 48.5 Å². The zero-order chi connectivity index (χ0) is 21.5. The molecule has 0 radical (unpaired) electrons. The van der Waals surface area contributed by atoms with Crippen LogP contribution in [0.3, 0.4) is 0 Å². The van der Waals surface area contributed by atoms with Crippen LogP contribution in [-0.2, 0) is 12.8 Å². The molecule has 0 aliphatic carbocycles. The summed E-state index contributed by atoms with van der Waals surface area (Å²) in [6.07, 6.45) is 8.88. The number of carbonyl (C=O) groups excluding carboxylic acids is 2. The van der Waals surface area contributed by atoms with Crippen molar-refractivity contribution in [3.63, 3.8) is 0 Å². The average Bonchev–Trinajstić information content (AvgIpc) is 3.07. The van der Waals surface area contributed by atoms with E-state index < -0.39 is 0 Å². The van der Waals surface area contributed by atoms with Crippen molar-refractivity contribution >= 4 is 22.6 Å². The van der Waals surface area contributed by atoms with E-state index in [1.807, 2.05) is 10.6 Å². The lowest BCUT2D eigenvalue weighted by Gasteiger charge is -2.12. The number of Topliss-reactive ketones (excluding diaryl/α,β-unsaturated/α-hetero) is 1. The minimum atomic E-state index is -0.00505. The zero-order valence-corrected chi connectivity index (χ0v) is 18.5. The fourth-order valence-corrected chi connectivity index (χ4v) is 4.20. The molecule has 158 valence electrons. The summed E-state index contributed by atoms with van der Waals surface area (Å²) in [6, 6.07) is 15.3. The Morgan fingerprint density at radius 2 is 1.37 bits per heavy atom. The predicted molar refractivity (Wildman–Crippen MR) is 125 cm³/mol. The van der Waals surface area contributed by atoms with Gasteiger partial charge in [-0.15, -0.1) is 0 Å². The number of aryl methyl sites for hydroxylation is 1. The van der Waals surface area contributed by atoms with Crippen molar-refractivity contribution < 1.29 is 9.59 Å². The fraction of sp³-hybridized carbons (Fsp3) is 0.407. The van der Waals surface area contributed by atoms with E-state index >= 15 is 0 Å². The van der Waals surface area contributed by atoms with Crippen molar-refractivity contribution in [1.29, 1.82) is 0 Å². The van der Waals surface area contributed by atoms with Gasteiger partial charge in [-0.25, -0.2) is 0 Å². The molecule has 3 nitrogen and oxygen atoms in total. The molecule has 1 heterocycles. The van der Waals surface area contributed by atoms with E-state index in [-0.39, 0.29) is 11.7 Å². The van der Waals surface area contributed by atoms with Crippen molar-refractivity contribution in [3.05, 3.63) is 70.9 Å². The highest BCUT2D eigenvalue weighted by Gasteiger charge is 2.21. The van der Waals surface area contributed by atoms with Gasteiger partial charge in [-0.05, 0) is 56.4 Å². The fourth-order valence-electron chi connectivity index (χ4n) is 4.20. The van der Waals surface area contributed by atoms with Gasteiger partial charge in [0.15, 0.2) is 5.78 Å². The first kappa shape index (κ1) is 22.0. The molecule has 0 amide bonds. The van der Waals surface area contributed by atoms with Crippen LogP contribution in [0.25, 0.3) is 10.9 Å². The number of rotatable bonds is 10. The van der Waals surface area contributed by atoms with Gasteiger partial charge < -0.3 is 0 Å². The molecule has 30 heavy (non-hydrogen) atoms. The molecule has 0 saturated carbocycles. The number of aromatic nitrogens is 1. The average molecular weight is 404 g/mol. The van der Waals surface area contributed by atoms with Gasteiger partial charge in [0, 0.05) is 22.2 Å². The lowest BCUT2D eigenvalue weighted by molar-refractivity contribution is 0.0959. The molecule has 0 bridgehead atoms. The molecular weight excluding hydrogens is 370 g/mol. The van der Waals surface area contributed by atoms with Crippen LogP contribution in [-0.4, -0.2) is 16.3 Å². The third-order valence-corrected chi connectivity index (χ3v) is 5.88. The Hall–Kier alpha value is -2.68. The molecule has 0 saturated heterocycles. The zero-order valence-electron chi connectivity index (χ0n) is 18.5. The van der Waals surface area contributed by atoms with Crippen molar-refractivity contribution in [2.24, 2.45) is 0 Å². The third kappa shape index (κ3) is 4.72. The van der Waals surface area contributed by atoms with Crippen LogP contribution in [0.5, 0.6) is 0 Å². The standard InChI is InChI=1S/C27H33NO2/c1-4-6-8-12-23-24-13-10-11-15-26(24)28(25(23)14-9-7-5-2)27(30)22-18-16-21(17-19-22)20(3)29/h10-11,13,15-19H,4-9,12,14H2,1-3H3. The summed E-state index contributed by atoms with van der Waals surface area (Å²) in [4.78, 5) is 25.2. The second-order valence-corrected chi connectivity index (χ2v) is 8.13. The second kappa shape index (κ2) is 10.4. The molecule has 1 aromatic heterocycles. The number of nitrogens with zero attached hydrogens (tertiary/aromatic N) is 1. The van der Waals surface area contributed by atoms with Crippen molar-refractivity contribution in [1.82, 2.24) is 4.57 Å². The normalized spacial score (nSPS) is 11.2. The number of ketones is 1. The maximum Gasteiger partial charge on any atom is 0.262 e. The topological polar surface area (TPSA) is 39.1 Å². The molecule has 2 aromatic carbocycles. The van der Waals surface area contributed by atoms with E-state index in [2.05, 4.69) is 32.0 Å². The smallest absolute Gasteiger partial charge is 0.262 e. The van der Waals surface area contributed by atoms with E-state index in [0.717, 1.165) is 44.0 Å². The molecule has 0 spiro atoms. The molecule has 0 atom stereocenters. The molecule has 0 unspecified atom stereocenters. The highest BCUT2D eigenvalue weighted by molar-refractivity contribution is 6.04. The van der Waals surface area contributed by atoms with Gasteiger partial charge in [-0.2, -0.15) is 0 Å². The quantitative estimate of drug-likeness (QED) is 0.270. The maximum atomic E-state index is 13.6. The van der Waals surface area contributed by atoms with Crippen molar-refractivity contribution in [3.8, 4) is 0 Å². The Morgan fingerprint density at radius 1 is 0.767 bits per heavy atom. The Bertz CT molecular complexity index is 1010. The van der Waals surface area contributed by atoms with Crippen LogP contribution in [0.2, 0.25) is 0 Å². The van der Waals surface area contributed by atoms with Crippen LogP contribution < -0.4 is 0 Å². The minimum absolute atomic E-state index is 0.00505. The van der Waals surface area contributed by atoms with Gasteiger partial charge in [0.2, 0.25) is 0 Å². The molecule has 3 aromatic rings. The van der Waals surface area contributed by atoms with Gasteiger partial charge in [0.25, 0.3) is 5.91 Å². The SMILES string of the molecule is CCCCCc1c(CCCCC)n(C(=O)c2ccc(C(C)=O)cc2)c2ccccc12. The molecular formula is C27H33NO2. The van der Waals surface area contributed by atoms with Gasteiger partial charge >= 0.3 is 0 Å². The Morgan fingerprint density at radius 3 is 2.00 bits per heavy atom. The van der Waals surface area contributed by atoms with Crippen molar-refractivity contribution in [2.45, 2.75) is 72.1 Å². The number of benzene rings is 2. The predicted octanol–water partition coefficient (Wildman–Crippen LogP) is 7.00. The number of unbranched alkanes of at least 4 members (excludes halogenated alkanes) is 4. The number of carbonyl (C=O) groups is 2. The summed E-state index contributed by atoms with van der Waals surface area (Å²) in [5.74, 6) is 0.00780. The first-order chi connectivity index (χ1) is 14.6. The highest BCUT2D eigenvalue weighted by Crippen LogP contribution is 2.30. The first-order valence-electron chi connectivity index (χ1n) is 11.3. The van der Waals surface area contributed by atoms with Gasteiger partial charge in [0.05, 0.1) is 5.52 Å². The van der Waals surface area contributed by atoms with Crippen LogP contribution in [0.1, 0.15) is 91.3 Å². The van der Waals surface area contributed by atoms with E-state index in [0.29, 0.717) is 11.1 Å². The maximum absolute atomic E-state index is 13.6. The second-order valence-electron chi connectivity index (χ2n) is 8.13. The summed E-state index contributed by atoms with van der Waals surface area (Å²) in [6.45, 7) is 5.98. The molecule has 0 aliphatic rings. The first-order valence-corrected chi connectivity index (χ1v) is 11.3. The van der Waals surface area contributed by atoms with Gasteiger partial charge in [0.1, 0.15) is 0 Å². The molecule has 0 aliphatic heterocycles. The van der Waals surface area contributed by atoms with Crippen LogP contribution in [0, 0.1) is 0 Å². The van der Waals surface area contributed by atoms with Crippen molar-refractivity contribution in [2.75, 3.05) is 0 Å². The summed E-state index contributed by atoms with van der Waals surface area (Å²) in [7, 11) is 0. The molecule has 3 heteroatoms. The molecule has 3 rings (SSSR count). The summed E-state index contributed by atoms with van der Waals surface area (Å²) in [5.41, 5.74) is 4.76. The van der Waals surface area contributed by atoms with E-state index in [9.17, 15) is 9.59 Å². The van der Waals surface area contributed by atoms with Gasteiger partial charge in [-0.3, -0.25) is 14.2 Å². The van der Waals surface area contributed by atoms with E-state index in [1.165, 1.54) is 29.5 Å².